The Hall–Kier alpha value is -2.72. The highest BCUT2D eigenvalue weighted by Gasteiger charge is 2.15. The summed E-state index contributed by atoms with van der Waals surface area (Å²) in [5.41, 5.74) is 3.17. The first-order chi connectivity index (χ1) is 14.5. The van der Waals surface area contributed by atoms with E-state index < -0.39 is 0 Å². The van der Waals surface area contributed by atoms with Gasteiger partial charge in [0.15, 0.2) is 0 Å². The molecule has 0 unspecified atom stereocenters. The SMILES string of the molecule is COc1ccc(-c2csc3ncn(CC(=O)Nc4ccc(I)cc4C)c(=O)c23)cc1. The third-order valence-corrected chi connectivity index (χ3v) is 6.30. The number of anilines is 1. The molecule has 0 aliphatic heterocycles. The van der Waals surface area contributed by atoms with Gasteiger partial charge in [-0.25, -0.2) is 4.98 Å². The van der Waals surface area contributed by atoms with Crippen molar-refractivity contribution < 1.29 is 9.53 Å². The topological polar surface area (TPSA) is 73.2 Å². The van der Waals surface area contributed by atoms with Crippen LogP contribution in [-0.2, 0) is 11.3 Å². The number of nitrogens with zero attached hydrogens (tertiary/aromatic N) is 2. The Morgan fingerprint density at radius 2 is 2.00 bits per heavy atom. The molecule has 0 aliphatic rings. The largest absolute Gasteiger partial charge is 0.497 e. The van der Waals surface area contributed by atoms with Crippen LogP contribution >= 0.6 is 33.9 Å². The lowest BCUT2D eigenvalue weighted by Gasteiger charge is -2.10. The number of carbonyl (C=O) groups is 1. The molecule has 0 atom stereocenters. The van der Waals surface area contributed by atoms with Gasteiger partial charge in [0.1, 0.15) is 17.1 Å². The van der Waals surface area contributed by atoms with E-state index in [0.717, 1.165) is 31.7 Å². The number of halogens is 1. The second-order valence-corrected chi connectivity index (χ2v) is 8.85. The number of carbonyl (C=O) groups excluding carboxylic acids is 1. The maximum atomic E-state index is 13.1. The third-order valence-electron chi connectivity index (χ3n) is 4.74. The lowest BCUT2D eigenvalue weighted by molar-refractivity contribution is -0.116. The molecule has 4 rings (SSSR count). The first-order valence-corrected chi connectivity index (χ1v) is 11.1. The van der Waals surface area contributed by atoms with Gasteiger partial charge < -0.3 is 10.1 Å². The van der Waals surface area contributed by atoms with E-state index in [1.165, 1.54) is 22.2 Å². The highest BCUT2D eigenvalue weighted by molar-refractivity contribution is 14.1. The summed E-state index contributed by atoms with van der Waals surface area (Å²) in [5.74, 6) is 0.472. The van der Waals surface area contributed by atoms with Crippen LogP contribution in [0.5, 0.6) is 5.75 Å². The molecule has 152 valence electrons. The van der Waals surface area contributed by atoms with Crippen molar-refractivity contribution in [2.75, 3.05) is 12.4 Å². The average molecular weight is 531 g/mol. The predicted molar refractivity (Wildman–Crippen MR) is 128 cm³/mol. The van der Waals surface area contributed by atoms with Crippen LogP contribution in [0.15, 0.2) is 59.0 Å². The molecule has 2 aromatic carbocycles. The molecule has 0 radical (unpaired) electrons. The van der Waals surface area contributed by atoms with Crippen molar-refractivity contribution in [2.45, 2.75) is 13.5 Å². The Morgan fingerprint density at radius 3 is 2.70 bits per heavy atom. The minimum absolute atomic E-state index is 0.106. The van der Waals surface area contributed by atoms with Crippen LogP contribution in [0.25, 0.3) is 21.3 Å². The zero-order chi connectivity index (χ0) is 21.3. The first-order valence-electron chi connectivity index (χ1n) is 9.13. The third kappa shape index (κ3) is 4.10. The first kappa shape index (κ1) is 20.5. The van der Waals surface area contributed by atoms with E-state index >= 15 is 0 Å². The number of hydrogen-bond acceptors (Lipinski definition) is 5. The van der Waals surface area contributed by atoms with E-state index in [0.29, 0.717) is 10.2 Å². The van der Waals surface area contributed by atoms with Crippen LogP contribution in [0.4, 0.5) is 5.69 Å². The van der Waals surface area contributed by atoms with E-state index in [1.54, 1.807) is 7.11 Å². The molecule has 0 bridgehead atoms. The van der Waals surface area contributed by atoms with Crippen LogP contribution in [0.3, 0.4) is 0 Å². The molecule has 8 heteroatoms. The standard InChI is InChI=1S/C22H18IN3O3S/c1-13-9-15(23)5-8-18(13)25-19(27)10-26-12-24-21-20(22(26)28)17(11-30-21)14-3-6-16(29-2)7-4-14/h3-9,11-12H,10H2,1-2H3,(H,25,27). The Kier molecular flexibility index (Phi) is 5.87. The average Bonchev–Trinajstić information content (AvgIpc) is 3.17. The molecule has 0 aliphatic carbocycles. The van der Waals surface area contributed by atoms with Gasteiger partial charge in [0.2, 0.25) is 5.91 Å². The predicted octanol–water partition coefficient (Wildman–Crippen LogP) is 4.69. The van der Waals surface area contributed by atoms with Crippen molar-refractivity contribution >= 4 is 55.7 Å². The molecule has 0 saturated heterocycles. The van der Waals surface area contributed by atoms with Gasteiger partial charge in [-0.15, -0.1) is 11.3 Å². The summed E-state index contributed by atoms with van der Waals surface area (Å²) in [5, 5.41) is 5.31. The van der Waals surface area contributed by atoms with Crippen LogP contribution in [-0.4, -0.2) is 22.6 Å². The monoisotopic (exact) mass is 531 g/mol. The summed E-state index contributed by atoms with van der Waals surface area (Å²) in [7, 11) is 1.61. The Labute approximate surface area is 190 Å². The van der Waals surface area contributed by atoms with Crippen LogP contribution in [0, 0.1) is 10.5 Å². The van der Waals surface area contributed by atoms with Gasteiger partial charge in [-0.1, -0.05) is 12.1 Å². The number of fused-ring (bicyclic) bond motifs is 1. The molecule has 1 amide bonds. The highest BCUT2D eigenvalue weighted by Crippen LogP contribution is 2.31. The minimum Gasteiger partial charge on any atom is -0.497 e. The maximum absolute atomic E-state index is 13.1. The molecular formula is C22H18IN3O3S. The lowest BCUT2D eigenvalue weighted by Crippen LogP contribution is -2.28. The van der Waals surface area contributed by atoms with Crippen molar-refractivity contribution in [3.05, 3.63) is 73.7 Å². The molecule has 6 nitrogen and oxygen atoms in total. The van der Waals surface area contributed by atoms with Gasteiger partial charge >= 0.3 is 0 Å². The minimum atomic E-state index is -0.274. The van der Waals surface area contributed by atoms with E-state index in [1.807, 2.05) is 54.8 Å². The fourth-order valence-corrected chi connectivity index (χ4v) is 4.73. The van der Waals surface area contributed by atoms with Crippen molar-refractivity contribution in [2.24, 2.45) is 0 Å². The van der Waals surface area contributed by atoms with E-state index in [4.69, 9.17) is 4.74 Å². The van der Waals surface area contributed by atoms with Crippen molar-refractivity contribution in [3.8, 4) is 16.9 Å². The van der Waals surface area contributed by atoms with Crippen molar-refractivity contribution in [1.29, 1.82) is 0 Å². The molecule has 0 saturated carbocycles. The molecule has 0 fully saturated rings. The van der Waals surface area contributed by atoms with E-state index in [-0.39, 0.29) is 18.0 Å². The summed E-state index contributed by atoms with van der Waals surface area (Å²) < 4.78 is 7.65. The fraction of sp³-hybridized carbons (Fsp3) is 0.136. The second kappa shape index (κ2) is 8.57. The van der Waals surface area contributed by atoms with Crippen LogP contribution in [0.2, 0.25) is 0 Å². The number of ether oxygens (including phenoxy) is 1. The number of nitrogens with one attached hydrogen (secondary N) is 1. The number of methoxy groups -OCH3 is 1. The van der Waals surface area contributed by atoms with Gasteiger partial charge in [0.25, 0.3) is 5.56 Å². The molecule has 0 spiro atoms. The number of aryl methyl sites for hydroxylation is 1. The molecule has 1 N–H and O–H groups in total. The lowest BCUT2D eigenvalue weighted by atomic mass is 10.1. The van der Waals surface area contributed by atoms with Crippen LogP contribution < -0.4 is 15.6 Å². The van der Waals surface area contributed by atoms with E-state index in [9.17, 15) is 9.59 Å². The zero-order valence-corrected chi connectivity index (χ0v) is 19.3. The smallest absolute Gasteiger partial charge is 0.263 e. The zero-order valence-electron chi connectivity index (χ0n) is 16.3. The molecule has 30 heavy (non-hydrogen) atoms. The van der Waals surface area contributed by atoms with Crippen molar-refractivity contribution in [1.82, 2.24) is 9.55 Å². The Morgan fingerprint density at radius 1 is 1.23 bits per heavy atom. The molecule has 2 aromatic heterocycles. The number of amides is 1. The molecular weight excluding hydrogens is 513 g/mol. The Bertz CT molecular complexity index is 1300. The van der Waals surface area contributed by atoms with Gasteiger partial charge in [-0.2, -0.15) is 0 Å². The number of thiophene rings is 1. The summed E-state index contributed by atoms with van der Waals surface area (Å²) in [6, 6.07) is 13.3. The Balaban J connectivity index is 1.64. The summed E-state index contributed by atoms with van der Waals surface area (Å²) in [4.78, 5) is 30.7. The van der Waals surface area contributed by atoms with Gasteiger partial charge in [-0.05, 0) is 71.0 Å². The molecule has 4 aromatic rings. The van der Waals surface area contributed by atoms with Gasteiger partial charge in [0, 0.05) is 20.2 Å². The summed E-state index contributed by atoms with van der Waals surface area (Å²) >= 11 is 3.63. The fourth-order valence-electron chi connectivity index (χ4n) is 3.17. The number of aromatic nitrogens is 2. The van der Waals surface area contributed by atoms with Crippen molar-refractivity contribution in [3.63, 3.8) is 0 Å². The van der Waals surface area contributed by atoms with Crippen LogP contribution in [0.1, 0.15) is 5.56 Å². The summed E-state index contributed by atoms with van der Waals surface area (Å²) in [6.07, 6.45) is 1.43. The second-order valence-electron chi connectivity index (χ2n) is 6.74. The van der Waals surface area contributed by atoms with Gasteiger partial charge in [0.05, 0.1) is 18.8 Å². The number of hydrogen-bond donors (Lipinski definition) is 1. The maximum Gasteiger partial charge on any atom is 0.263 e. The number of benzene rings is 2. The number of rotatable bonds is 5. The normalized spacial score (nSPS) is 10.9. The quantitative estimate of drug-likeness (QED) is 0.380. The highest BCUT2D eigenvalue weighted by atomic mass is 127. The molecule has 2 heterocycles. The van der Waals surface area contributed by atoms with E-state index in [2.05, 4.69) is 32.9 Å². The summed E-state index contributed by atoms with van der Waals surface area (Å²) in [6.45, 7) is 1.83. The van der Waals surface area contributed by atoms with Gasteiger partial charge in [-0.3, -0.25) is 14.2 Å².